The zero-order valence-corrected chi connectivity index (χ0v) is 38.7. The summed E-state index contributed by atoms with van der Waals surface area (Å²) in [5.41, 5.74) is 23.2. The van der Waals surface area contributed by atoms with E-state index in [0.717, 1.165) is 62.1 Å². The molecule has 1 radical (unpaired) electrons. The minimum atomic E-state index is -1.15. The minimum Gasteiger partial charge on any atom is -0.753 e. The molecule has 4 aromatic heterocycles. The van der Waals surface area contributed by atoms with Crippen molar-refractivity contribution in [1.29, 1.82) is 0 Å². The molecule has 0 unspecified atom stereocenters. The molecule has 0 amide bonds. The summed E-state index contributed by atoms with van der Waals surface area (Å²) >= 11 is 3.70. The first-order valence-corrected chi connectivity index (χ1v) is 21.0. The number of carboxylic acids is 2. The Morgan fingerprint density at radius 3 is 1.88 bits per heavy atom. The van der Waals surface area contributed by atoms with E-state index in [1.165, 1.54) is 41.8 Å². The molecule has 9 rings (SSSR count). The second-order valence-electron chi connectivity index (χ2n) is 14.8. The van der Waals surface area contributed by atoms with Gasteiger partial charge in [-0.1, -0.05) is 84.5 Å². The number of carbonyl (C=O) groups is 2. The molecule has 1 aliphatic heterocycles. The van der Waals surface area contributed by atoms with Crippen molar-refractivity contribution in [2.75, 3.05) is 11.4 Å². The van der Waals surface area contributed by atoms with Crippen molar-refractivity contribution in [1.82, 2.24) is 19.5 Å². The quantitative estimate of drug-likeness (QED) is 0.0671. The molecule has 15 heteroatoms. The Kier molecular flexibility index (Phi) is 16.0. The number of nitrogens with one attached hydrogen (secondary N) is 1. The second kappa shape index (κ2) is 22.2. The number of pyridine rings is 3. The standard InChI is InChI=1S/C43H31N5O4.C8H11N3.CNS.Ru/c1-2-47-40-25-27(13-15-34(40)35-16-14-33(26-41(35)47)48(31-9-5-3-6-10-31)32-11-7-4-8-12-32)28-17-19-44-36(21-28)38-23-30(43(51)52)24-39(46-38)37-22-29(42(49)50)18-20-45-37;1-6-2-3-11-8(4-6)7(10)5-9;2-1-3;/h3-26H,2H2,1H3,(H,49,50)(H,51,52);2,4-5,10H,3,9H2,1H3;;/q;-2;-1;+3/b;7-5-;;. The Balaban J connectivity index is 0.000000428. The number of carboxylic acid groups (broad SMARTS) is 2. The van der Waals surface area contributed by atoms with Crippen molar-refractivity contribution in [2.45, 2.75) is 20.4 Å². The van der Waals surface area contributed by atoms with Gasteiger partial charge in [-0.3, -0.25) is 9.97 Å². The summed E-state index contributed by atoms with van der Waals surface area (Å²) in [7, 11) is 0. The van der Waals surface area contributed by atoms with Crippen molar-refractivity contribution >= 4 is 68.2 Å². The number of anilines is 3. The number of para-hydroxylation sites is 2. The Labute approximate surface area is 405 Å². The summed E-state index contributed by atoms with van der Waals surface area (Å²) < 4.78 is 2.33. The van der Waals surface area contributed by atoms with Crippen LogP contribution < -0.4 is 10.6 Å². The fraction of sp³-hybridized carbons (Fsp3) is 0.0769. The number of aromatic nitrogens is 4. The molecule has 0 saturated carbocycles. The van der Waals surface area contributed by atoms with Gasteiger partial charge in [0.15, 0.2) is 0 Å². The molecule has 4 aromatic carbocycles. The fourth-order valence-corrected chi connectivity index (χ4v) is 7.57. The summed E-state index contributed by atoms with van der Waals surface area (Å²) in [6.45, 7) is 5.55. The van der Waals surface area contributed by atoms with E-state index in [-0.39, 0.29) is 47.7 Å². The van der Waals surface area contributed by atoms with Gasteiger partial charge < -0.3 is 41.9 Å². The molecule has 8 aromatic rings. The zero-order valence-electron chi connectivity index (χ0n) is 36.2. The molecule has 5 heterocycles. The van der Waals surface area contributed by atoms with Crippen molar-refractivity contribution in [3.8, 4) is 33.9 Å². The number of hydrogen-bond acceptors (Lipinski definition) is 8. The number of isothiocyanates is 1. The Bertz CT molecular complexity index is 3180. The first kappa shape index (κ1) is 48.4. The Morgan fingerprint density at radius 1 is 0.776 bits per heavy atom. The van der Waals surface area contributed by atoms with Crippen molar-refractivity contribution in [3.05, 3.63) is 209 Å². The van der Waals surface area contributed by atoms with E-state index in [9.17, 15) is 19.8 Å². The molecule has 0 aliphatic carbocycles. The molecule has 0 spiro atoms. The van der Waals surface area contributed by atoms with E-state index >= 15 is 0 Å². The largest absolute Gasteiger partial charge is 3.00 e. The van der Waals surface area contributed by atoms with Gasteiger partial charge in [0.05, 0.1) is 39.4 Å². The van der Waals surface area contributed by atoms with E-state index in [1.54, 1.807) is 6.20 Å². The Morgan fingerprint density at radius 2 is 1.31 bits per heavy atom. The third-order valence-corrected chi connectivity index (χ3v) is 10.6. The SMILES string of the molecule is CC1=CC[N-]C(/C([NH-])=C/N)=C1.CCn1c2cc(-c3ccnc(-c4cc(C(=O)O)cc(-c5cc(C(=O)O)ccn5)n4)c3)ccc2c2ccc(N(c3ccccc3)c3ccccc3)cc21.[N-]=C=S.[Ru+3]. The number of fused-ring (bicyclic) bond motifs is 3. The van der Waals surface area contributed by atoms with Crippen LogP contribution in [0.1, 0.15) is 34.6 Å². The molecular weight excluding hydrogens is 948 g/mol. The molecule has 1 aliphatic rings. The van der Waals surface area contributed by atoms with Crippen LogP contribution in [-0.2, 0) is 26.0 Å². The van der Waals surface area contributed by atoms with E-state index < -0.39 is 11.9 Å². The summed E-state index contributed by atoms with van der Waals surface area (Å²) in [6.07, 6.45) is 8.16. The van der Waals surface area contributed by atoms with Crippen LogP contribution in [0.3, 0.4) is 0 Å². The van der Waals surface area contributed by atoms with Crippen LogP contribution in [0.25, 0.3) is 72.2 Å². The summed E-state index contributed by atoms with van der Waals surface area (Å²) in [4.78, 5) is 39.4. The van der Waals surface area contributed by atoms with Gasteiger partial charge in [0.25, 0.3) is 0 Å². The molecule has 13 nitrogen and oxygen atoms in total. The number of thiocarbonyl (C=S) groups is 1. The first-order chi connectivity index (χ1) is 32.0. The number of rotatable bonds is 10. The van der Waals surface area contributed by atoms with E-state index in [2.05, 4.69) is 110 Å². The minimum absolute atomic E-state index is 0. The van der Waals surface area contributed by atoms with Gasteiger partial charge >= 0.3 is 31.4 Å². The molecule has 0 atom stereocenters. The maximum absolute atomic E-state index is 12.1. The third-order valence-electron chi connectivity index (χ3n) is 10.6. The predicted molar refractivity (Wildman–Crippen MR) is 266 cm³/mol. The van der Waals surface area contributed by atoms with Crippen molar-refractivity contribution in [3.63, 3.8) is 0 Å². The van der Waals surface area contributed by atoms with Gasteiger partial charge in [-0.2, -0.15) is 10.9 Å². The monoisotopic (exact) mass is 990 g/mol. The molecule has 333 valence electrons. The maximum Gasteiger partial charge on any atom is 3.00 e. The van der Waals surface area contributed by atoms with Crippen LogP contribution in [-0.4, -0.2) is 53.4 Å². The van der Waals surface area contributed by atoms with Crippen LogP contribution >= 0.6 is 12.2 Å². The number of nitrogens with zero attached hydrogens (tertiary/aromatic N) is 7. The summed E-state index contributed by atoms with van der Waals surface area (Å²) in [6, 6.07) is 43.1. The van der Waals surface area contributed by atoms with E-state index in [4.69, 9.17) is 16.9 Å². The average molecular weight is 990 g/mol. The van der Waals surface area contributed by atoms with Gasteiger partial charge in [0.1, 0.15) is 0 Å². The van der Waals surface area contributed by atoms with Crippen LogP contribution in [0, 0.1) is 0 Å². The van der Waals surface area contributed by atoms with Crippen molar-refractivity contribution < 1.29 is 39.3 Å². The number of aryl methyl sites for hydroxylation is 1. The predicted octanol–water partition coefficient (Wildman–Crippen LogP) is 12.6. The summed E-state index contributed by atoms with van der Waals surface area (Å²) in [5, 5.41) is 34.3. The van der Waals surface area contributed by atoms with E-state index in [1.807, 2.05) is 67.6 Å². The Hall–Kier alpha value is -8.09. The topological polar surface area (TPSA) is 208 Å². The van der Waals surface area contributed by atoms with Gasteiger partial charge in [-0.05, 0) is 110 Å². The first-order valence-electron chi connectivity index (χ1n) is 20.6. The molecule has 67 heavy (non-hydrogen) atoms. The van der Waals surface area contributed by atoms with Crippen molar-refractivity contribution in [2.24, 2.45) is 5.73 Å². The molecule has 5 N–H and O–H groups in total. The normalized spacial score (nSPS) is 11.8. The second-order valence-corrected chi connectivity index (χ2v) is 15.0. The number of nitrogens with two attached hydrogens (primary N) is 1. The van der Waals surface area contributed by atoms with Gasteiger partial charge in [0.2, 0.25) is 0 Å². The smallest absolute Gasteiger partial charge is 0.753 e. The molecule has 0 fully saturated rings. The molecular formula is C52H42N9O4RuS. The van der Waals surface area contributed by atoms with Gasteiger partial charge in [-0.15, -0.1) is 12.2 Å². The number of allylic oxidation sites excluding steroid dienone is 2. The summed E-state index contributed by atoms with van der Waals surface area (Å²) in [5.74, 6) is -2.26. The van der Waals surface area contributed by atoms with Gasteiger partial charge in [0, 0.05) is 52.3 Å². The van der Waals surface area contributed by atoms with Crippen LogP contribution in [0.5, 0.6) is 0 Å². The average Bonchev–Trinajstić information content (AvgIpc) is 3.67. The molecule has 0 saturated heterocycles. The fourth-order valence-electron chi connectivity index (χ4n) is 7.57. The van der Waals surface area contributed by atoms with Gasteiger partial charge in [-0.25, -0.2) is 14.6 Å². The van der Waals surface area contributed by atoms with Crippen LogP contribution in [0.15, 0.2) is 181 Å². The zero-order chi connectivity index (χ0) is 46.7. The number of aromatic carboxylic acids is 2. The third kappa shape index (κ3) is 11.1. The number of benzene rings is 4. The van der Waals surface area contributed by atoms with Crippen LogP contribution in [0.4, 0.5) is 17.1 Å². The maximum atomic E-state index is 12.1. The number of hydrogen-bond donors (Lipinski definition) is 3. The molecule has 0 bridgehead atoms. The van der Waals surface area contributed by atoms with Crippen LogP contribution in [0.2, 0.25) is 0 Å². The van der Waals surface area contributed by atoms with E-state index in [0.29, 0.717) is 23.6 Å².